The third-order valence-electron chi connectivity index (χ3n) is 1.61. The van der Waals surface area contributed by atoms with Crippen molar-refractivity contribution in [3.8, 4) is 0 Å². The zero-order chi connectivity index (χ0) is 11.6. The summed E-state index contributed by atoms with van der Waals surface area (Å²) in [4.78, 5) is 39.9. The van der Waals surface area contributed by atoms with E-state index in [4.69, 9.17) is 15.7 Å². The summed E-state index contributed by atoms with van der Waals surface area (Å²) in [6, 6.07) is 0. The fourth-order valence-corrected chi connectivity index (χ4v) is 2.88. The Balaban J connectivity index is 5.08. The SMILES string of the molecule is NCCCC(O)(P(=O)([O-])[O-])P(=O)([O-])O. The minimum atomic E-state index is -5.86. The molecule has 10 heteroatoms. The maximum absolute atomic E-state index is 10.5. The van der Waals surface area contributed by atoms with E-state index in [1.165, 1.54) is 0 Å². The highest BCUT2D eigenvalue weighted by Gasteiger charge is 2.40. The van der Waals surface area contributed by atoms with Crippen molar-refractivity contribution in [2.24, 2.45) is 5.73 Å². The molecule has 0 aliphatic carbocycles. The van der Waals surface area contributed by atoms with Crippen molar-refractivity contribution in [2.75, 3.05) is 6.54 Å². The molecule has 8 nitrogen and oxygen atoms in total. The first kappa shape index (κ1) is 14.2. The molecule has 2 unspecified atom stereocenters. The van der Waals surface area contributed by atoms with Crippen LogP contribution in [0.15, 0.2) is 0 Å². The lowest BCUT2D eigenvalue weighted by molar-refractivity contribution is -0.328. The van der Waals surface area contributed by atoms with Gasteiger partial charge < -0.3 is 39.5 Å². The van der Waals surface area contributed by atoms with Gasteiger partial charge in [-0.3, -0.25) is 0 Å². The van der Waals surface area contributed by atoms with E-state index >= 15 is 0 Å². The Morgan fingerprint density at radius 2 is 1.71 bits per heavy atom. The Morgan fingerprint density at radius 3 is 1.93 bits per heavy atom. The second-order valence-electron chi connectivity index (χ2n) is 2.68. The van der Waals surface area contributed by atoms with Crippen LogP contribution < -0.4 is 20.4 Å². The molecule has 0 saturated heterocycles. The highest BCUT2D eigenvalue weighted by Crippen LogP contribution is 2.63. The van der Waals surface area contributed by atoms with Crippen LogP contribution in [0.3, 0.4) is 0 Å². The van der Waals surface area contributed by atoms with Gasteiger partial charge in [0.15, 0.2) is 12.7 Å². The standard InChI is InChI=1S/C4H13NO7P2/c5-3-1-2-4(6,13(7,8)9)14(10,11)12/h6H,1-3,5H2,(H2,7,8,9)(H2,10,11,12)/p-3. The van der Waals surface area contributed by atoms with Gasteiger partial charge in [0, 0.05) is 0 Å². The van der Waals surface area contributed by atoms with E-state index in [0.29, 0.717) is 0 Å². The van der Waals surface area contributed by atoms with E-state index in [0.717, 1.165) is 0 Å². The van der Waals surface area contributed by atoms with Crippen molar-refractivity contribution in [2.45, 2.75) is 17.9 Å². The first-order valence-corrected chi connectivity index (χ1v) is 6.67. The first-order valence-electron chi connectivity index (χ1n) is 3.55. The third-order valence-corrected chi connectivity index (χ3v) is 5.33. The molecule has 0 aromatic heterocycles. The number of hydrogen-bond acceptors (Lipinski definition) is 7. The van der Waals surface area contributed by atoms with E-state index in [9.17, 15) is 23.8 Å². The molecule has 86 valence electrons. The van der Waals surface area contributed by atoms with E-state index in [1.807, 2.05) is 0 Å². The molecule has 0 amide bonds. The average molecular weight is 246 g/mol. The molecule has 0 radical (unpaired) electrons. The van der Waals surface area contributed by atoms with Gasteiger partial charge in [0.2, 0.25) is 0 Å². The van der Waals surface area contributed by atoms with Gasteiger partial charge in [-0.2, -0.15) is 0 Å². The van der Waals surface area contributed by atoms with Crippen LogP contribution in [0.1, 0.15) is 12.8 Å². The van der Waals surface area contributed by atoms with Crippen LogP contribution in [0.5, 0.6) is 0 Å². The molecular weight excluding hydrogens is 236 g/mol. The number of rotatable bonds is 5. The van der Waals surface area contributed by atoms with E-state index in [2.05, 4.69) is 0 Å². The lowest BCUT2D eigenvalue weighted by Crippen LogP contribution is -2.42. The van der Waals surface area contributed by atoms with Crippen LogP contribution >= 0.6 is 15.2 Å². The van der Waals surface area contributed by atoms with Crippen LogP contribution in [0, 0.1) is 0 Å². The minimum absolute atomic E-state index is 0.123. The second kappa shape index (κ2) is 4.38. The molecule has 4 N–H and O–H groups in total. The van der Waals surface area contributed by atoms with Gasteiger partial charge in [0.1, 0.15) is 0 Å². The van der Waals surface area contributed by atoms with Gasteiger partial charge in [-0.15, -0.1) is 0 Å². The normalized spacial score (nSPS) is 21.3. The molecule has 0 aromatic carbocycles. The highest BCUT2D eigenvalue weighted by molar-refractivity contribution is 7.70. The zero-order valence-corrected chi connectivity index (χ0v) is 8.82. The molecule has 0 bridgehead atoms. The molecular formula is C4H10NO7P2-3. The molecule has 0 rings (SSSR count). The van der Waals surface area contributed by atoms with Crippen molar-refractivity contribution in [3.05, 3.63) is 0 Å². The molecule has 0 aromatic rings. The quantitative estimate of drug-likeness (QED) is 0.426. The number of hydrogen-bond donors (Lipinski definition) is 3. The van der Waals surface area contributed by atoms with E-state index in [1.54, 1.807) is 0 Å². The molecule has 0 aliphatic rings. The smallest absolute Gasteiger partial charge is 0.168 e. The summed E-state index contributed by atoms with van der Waals surface area (Å²) in [5, 5.41) is 5.39. The summed E-state index contributed by atoms with van der Waals surface area (Å²) < 4.78 is 21.0. The zero-order valence-electron chi connectivity index (χ0n) is 7.03. The number of nitrogens with two attached hydrogens (primary N) is 1. The van der Waals surface area contributed by atoms with E-state index < -0.39 is 26.7 Å². The lowest BCUT2D eigenvalue weighted by Gasteiger charge is -2.49. The van der Waals surface area contributed by atoms with Gasteiger partial charge in [0.25, 0.3) is 0 Å². The summed E-state index contributed by atoms with van der Waals surface area (Å²) in [7, 11) is -11.5. The molecule has 0 aliphatic heterocycles. The maximum atomic E-state index is 10.5. The molecule has 0 saturated carbocycles. The predicted molar refractivity (Wildman–Crippen MR) is 40.7 cm³/mol. The van der Waals surface area contributed by atoms with Crippen LogP contribution in [0.2, 0.25) is 0 Å². The maximum Gasteiger partial charge on any atom is 0.168 e. The van der Waals surface area contributed by atoms with Crippen LogP contribution in [0.4, 0.5) is 0 Å². The predicted octanol–water partition coefficient (Wildman–Crippen LogP) is -3.17. The topological polar surface area (TPSA) is 170 Å². The van der Waals surface area contributed by atoms with Crippen molar-refractivity contribution in [1.29, 1.82) is 0 Å². The lowest BCUT2D eigenvalue weighted by atomic mass is 10.3. The Morgan fingerprint density at radius 1 is 1.29 bits per heavy atom. The van der Waals surface area contributed by atoms with E-state index in [-0.39, 0.29) is 13.0 Å². The number of aliphatic hydroxyl groups is 1. The van der Waals surface area contributed by atoms with Gasteiger partial charge in [-0.05, 0) is 27.0 Å². The fourth-order valence-electron chi connectivity index (χ4n) is 0.772. The summed E-state index contributed by atoms with van der Waals surface area (Å²) in [6.45, 7) is -0.123. The Bertz CT molecular complexity index is 257. The van der Waals surface area contributed by atoms with Crippen LogP contribution in [-0.4, -0.2) is 21.6 Å². The van der Waals surface area contributed by atoms with Crippen molar-refractivity contribution in [1.82, 2.24) is 0 Å². The molecule has 0 spiro atoms. The average Bonchev–Trinajstić information content (AvgIpc) is 1.95. The molecule has 2 atom stereocenters. The molecule has 0 fully saturated rings. The monoisotopic (exact) mass is 246 g/mol. The van der Waals surface area contributed by atoms with Crippen LogP contribution in [-0.2, 0) is 9.13 Å². The molecule has 14 heavy (non-hydrogen) atoms. The van der Waals surface area contributed by atoms with Gasteiger partial charge >= 0.3 is 0 Å². The Labute approximate surface area is 80.1 Å². The summed E-state index contributed by atoms with van der Waals surface area (Å²) in [6.07, 6.45) is -1.16. The largest absolute Gasteiger partial charge is 0.808 e. The summed E-state index contributed by atoms with van der Waals surface area (Å²) in [5.74, 6) is 0. The van der Waals surface area contributed by atoms with Gasteiger partial charge in [-0.25, -0.2) is 0 Å². The van der Waals surface area contributed by atoms with Crippen molar-refractivity contribution < 1.29 is 33.8 Å². The minimum Gasteiger partial charge on any atom is -0.808 e. The summed E-state index contributed by atoms with van der Waals surface area (Å²) >= 11 is 0. The molecule has 0 heterocycles. The Kier molecular flexibility index (Phi) is 4.45. The van der Waals surface area contributed by atoms with Crippen molar-refractivity contribution >= 4 is 15.2 Å². The van der Waals surface area contributed by atoms with Crippen LogP contribution in [0.25, 0.3) is 0 Å². The summed E-state index contributed by atoms with van der Waals surface area (Å²) in [5.41, 5.74) is 4.94. The Hall–Kier alpha value is 0.220. The van der Waals surface area contributed by atoms with Crippen molar-refractivity contribution in [3.63, 3.8) is 0 Å². The van der Waals surface area contributed by atoms with Gasteiger partial charge in [-0.1, -0.05) is 0 Å². The first-order chi connectivity index (χ1) is 6.06. The second-order valence-corrected chi connectivity index (χ2v) is 6.55. The highest BCUT2D eigenvalue weighted by atomic mass is 31.2. The third kappa shape index (κ3) is 2.85. The van der Waals surface area contributed by atoms with Gasteiger partial charge in [0.05, 0.1) is 0 Å². The fraction of sp³-hybridized carbons (Fsp3) is 1.00.